The predicted octanol–water partition coefficient (Wildman–Crippen LogP) is 3.37. The smallest absolute Gasteiger partial charge is 0.200 e. The van der Waals surface area contributed by atoms with E-state index in [1.807, 2.05) is 0 Å². The minimum absolute atomic E-state index is 0.0134. The van der Waals surface area contributed by atoms with Crippen LogP contribution < -0.4 is 16.2 Å². The fourth-order valence-electron chi connectivity index (χ4n) is 3.52. The number of hydrogen-bond donors (Lipinski definition) is 4. The van der Waals surface area contributed by atoms with Crippen molar-refractivity contribution in [3.05, 3.63) is 63.7 Å². The molecule has 29 heavy (non-hydrogen) atoms. The number of carbonyl (C=O) groups excluding carboxylic acids is 2. The van der Waals surface area contributed by atoms with Crippen LogP contribution >= 0.6 is 11.6 Å². The third-order valence-corrected chi connectivity index (χ3v) is 5.25. The molecule has 1 aliphatic rings. The van der Waals surface area contributed by atoms with E-state index in [2.05, 4.69) is 0 Å². The Kier molecular flexibility index (Phi) is 4.13. The number of rotatable bonds is 2. The molecule has 4 rings (SSSR count). The first-order chi connectivity index (χ1) is 13.8. The SMILES string of the molecule is COc1ccc(-c2cc(N)c3c(c2O)C(=O)c2c(N)c(Cl)cc(O)c2C3=O)cc1. The molecular weight excluding hydrogens is 396 g/mol. The summed E-state index contributed by atoms with van der Waals surface area (Å²) in [6.07, 6.45) is 0. The summed E-state index contributed by atoms with van der Waals surface area (Å²) in [5.41, 5.74) is 11.6. The van der Waals surface area contributed by atoms with Gasteiger partial charge in [-0.3, -0.25) is 9.59 Å². The van der Waals surface area contributed by atoms with E-state index in [1.165, 1.54) is 13.2 Å². The van der Waals surface area contributed by atoms with E-state index < -0.39 is 23.1 Å². The second-order valence-corrected chi connectivity index (χ2v) is 6.95. The summed E-state index contributed by atoms with van der Waals surface area (Å²) in [6, 6.07) is 9.22. The molecule has 0 aromatic heterocycles. The van der Waals surface area contributed by atoms with Crippen molar-refractivity contribution in [2.45, 2.75) is 0 Å². The molecule has 8 heteroatoms. The van der Waals surface area contributed by atoms with Crippen molar-refractivity contribution in [3.8, 4) is 28.4 Å². The van der Waals surface area contributed by atoms with Crippen LogP contribution in [0.25, 0.3) is 11.1 Å². The van der Waals surface area contributed by atoms with Gasteiger partial charge in [0.2, 0.25) is 11.6 Å². The van der Waals surface area contributed by atoms with Gasteiger partial charge in [-0.25, -0.2) is 0 Å². The lowest BCUT2D eigenvalue weighted by Crippen LogP contribution is -2.24. The Labute approximate surface area is 170 Å². The summed E-state index contributed by atoms with van der Waals surface area (Å²) in [4.78, 5) is 26.2. The molecule has 3 aromatic carbocycles. The lowest BCUT2D eigenvalue weighted by atomic mass is 9.80. The van der Waals surface area contributed by atoms with Crippen LogP contribution in [0.1, 0.15) is 31.8 Å². The normalized spacial score (nSPS) is 12.5. The van der Waals surface area contributed by atoms with E-state index in [4.69, 9.17) is 27.8 Å². The third kappa shape index (κ3) is 2.59. The van der Waals surface area contributed by atoms with Crippen LogP contribution in [0, 0.1) is 0 Å². The summed E-state index contributed by atoms with van der Waals surface area (Å²) >= 11 is 5.97. The van der Waals surface area contributed by atoms with Crippen LogP contribution in [0.5, 0.6) is 17.2 Å². The Morgan fingerprint density at radius 1 is 0.897 bits per heavy atom. The van der Waals surface area contributed by atoms with Crippen LogP contribution in [0.3, 0.4) is 0 Å². The highest BCUT2D eigenvalue weighted by molar-refractivity contribution is 6.38. The Hall–Kier alpha value is -3.71. The number of benzene rings is 3. The second-order valence-electron chi connectivity index (χ2n) is 6.54. The summed E-state index contributed by atoms with van der Waals surface area (Å²) < 4.78 is 5.12. The fourth-order valence-corrected chi connectivity index (χ4v) is 3.72. The number of phenolic OH excluding ortho intramolecular Hbond substituents is 2. The lowest BCUT2D eigenvalue weighted by Gasteiger charge is -2.24. The van der Waals surface area contributed by atoms with Gasteiger partial charge >= 0.3 is 0 Å². The second kappa shape index (κ2) is 6.42. The first-order valence-corrected chi connectivity index (χ1v) is 8.84. The number of anilines is 2. The van der Waals surface area contributed by atoms with E-state index in [1.54, 1.807) is 24.3 Å². The van der Waals surface area contributed by atoms with Crippen molar-refractivity contribution in [1.29, 1.82) is 0 Å². The number of ketones is 2. The summed E-state index contributed by atoms with van der Waals surface area (Å²) in [6.45, 7) is 0. The number of carbonyl (C=O) groups is 2. The maximum atomic E-state index is 13.2. The molecule has 0 aliphatic heterocycles. The molecule has 0 saturated carbocycles. The van der Waals surface area contributed by atoms with Crippen molar-refractivity contribution < 1.29 is 24.5 Å². The van der Waals surface area contributed by atoms with Crippen LogP contribution in [-0.2, 0) is 0 Å². The van der Waals surface area contributed by atoms with Crippen LogP contribution in [0.15, 0.2) is 36.4 Å². The molecule has 0 atom stereocenters. The number of nitrogens with two attached hydrogens (primary N) is 2. The van der Waals surface area contributed by atoms with E-state index in [0.717, 1.165) is 6.07 Å². The molecule has 0 heterocycles. The van der Waals surface area contributed by atoms with Gasteiger partial charge < -0.3 is 26.4 Å². The minimum Gasteiger partial charge on any atom is -0.507 e. The average Bonchev–Trinajstić information content (AvgIpc) is 2.70. The van der Waals surface area contributed by atoms with Crippen molar-refractivity contribution in [3.63, 3.8) is 0 Å². The first-order valence-electron chi connectivity index (χ1n) is 8.46. The van der Waals surface area contributed by atoms with Gasteiger partial charge in [0, 0.05) is 17.3 Å². The van der Waals surface area contributed by atoms with Gasteiger partial charge in [0.1, 0.15) is 17.2 Å². The molecule has 0 amide bonds. The van der Waals surface area contributed by atoms with Gasteiger partial charge in [-0.05, 0) is 23.8 Å². The highest BCUT2D eigenvalue weighted by atomic mass is 35.5. The number of phenols is 2. The minimum atomic E-state index is -0.746. The average molecular weight is 411 g/mol. The third-order valence-electron chi connectivity index (χ3n) is 4.94. The lowest BCUT2D eigenvalue weighted by molar-refractivity contribution is 0.0975. The Bertz CT molecular complexity index is 1220. The molecule has 6 N–H and O–H groups in total. The zero-order valence-corrected chi connectivity index (χ0v) is 15.9. The fraction of sp³-hybridized carbons (Fsp3) is 0.0476. The molecule has 0 unspecified atom stereocenters. The van der Waals surface area contributed by atoms with Gasteiger partial charge in [0.25, 0.3) is 0 Å². The van der Waals surface area contributed by atoms with Gasteiger partial charge in [0.05, 0.1) is 40.1 Å². The standard InChI is InChI=1S/C21H15ClN2O5/c1-29-9-4-2-8(3-5-9)10-6-12(23)14-17(19(10)26)21(28)16-15(20(14)27)13(25)7-11(22)18(16)24/h2-7,25-26H,23-24H2,1H3. The van der Waals surface area contributed by atoms with Crippen molar-refractivity contribution in [2.75, 3.05) is 18.6 Å². The van der Waals surface area contributed by atoms with Crippen LogP contribution in [0.4, 0.5) is 11.4 Å². The van der Waals surface area contributed by atoms with Crippen molar-refractivity contribution in [2.24, 2.45) is 0 Å². The molecule has 7 nitrogen and oxygen atoms in total. The van der Waals surface area contributed by atoms with Crippen molar-refractivity contribution >= 4 is 34.5 Å². The zero-order chi connectivity index (χ0) is 21.0. The number of hydrogen-bond acceptors (Lipinski definition) is 7. The van der Waals surface area contributed by atoms with Crippen LogP contribution in [0.2, 0.25) is 5.02 Å². The quantitative estimate of drug-likeness (QED) is 0.294. The van der Waals surface area contributed by atoms with Gasteiger partial charge in [-0.15, -0.1) is 0 Å². The van der Waals surface area contributed by atoms with E-state index in [0.29, 0.717) is 11.3 Å². The number of nitrogen functional groups attached to an aromatic ring is 2. The highest BCUT2D eigenvalue weighted by Crippen LogP contribution is 2.46. The first kappa shape index (κ1) is 18.6. The molecule has 0 radical (unpaired) electrons. The maximum Gasteiger partial charge on any atom is 0.200 e. The Morgan fingerprint density at radius 3 is 2.14 bits per heavy atom. The molecule has 0 bridgehead atoms. The largest absolute Gasteiger partial charge is 0.507 e. The molecule has 0 fully saturated rings. The van der Waals surface area contributed by atoms with E-state index in [9.17, 15) is 19.8 Å². The number of methoxy groups -OCH3 is 1. The van der Waals surface area contributed by atoms with Crippen LogP contribution in [-0.4, -0.2) is 28.9 Å². The summed E-state index contributed by atoms with van der Waals surface area (Å²) in [5.74, 6) is -1.75. The molecule has 0 saturated heterocycles. The highest BCUT2D eigenvalue weighted by Gasteiger charge is 2.39. The number of fused-ring (bicyclic) bond motifs is 2. The monoisotopic (exact) mass is 410 g/mol. The van der Waals surface area contributed by atoms with Gasteiger partial charge in [0.15, 0.2) is 0 Å². The Balaban J connectivity index is 2.01. The summed E-state index contributed by atoms with van der Waals surface area (Å²) in [7, 11) is 1.52. The molecule has 1 aliphatic carbocycles. The maximum absolute atomic E-state index is 13.2. The zero-order valence-electron chi connectivity index (χ0n) is 15.1. The van der Waals surface area contributed by atoms with Gasteiger partial charge in [-0.1, -0.05) is 23.7 Å². The predicted molar refractivity (Wildman–Crippen MR) is 109 cm³/mol. The number of aromatic hydroxyl groups is 2. The van der Waals surface area contributed by atoms with Gasteiger partial charge in [-0.2, -0.15) is 0 Å². The number of ether oxygens (including phenoxy) is 1. The molecule has 3 aromatic rings. The van der Waals surface area contributed by atoms with E-state index >= 15 is 0 Å². The van der Waals surface area contributed by atoms with Crippen molar-refractivity contribution in [1.82, 2.24) is 0 Å². The van der Waals surface area contributed by atoms with E-state index in [-0.39, 0.29) is 44.2 Å². The number of halogens is 1. The summed E-state index contributed by atoms with van der Waals surface area (Å²) in [5, 5.41) is 21.0. The molecular formula is C21H15ClN2O5. The molecule has 146 valence electrons. The Morgan fingerprint density at radius 2 is 1.52 bits per heavy atom. The molecule has 0 spiro atoms. The topological polar surface area (TPSA) is 136 Å².